The molecule has 3 heteroatoms. The van der Waals surface area contributed by atoms with Gasteiger partial charge in [-0.25, -0.2) is 4.98 Å². The lowest BCUT2D eigenvalue weighted by Crippen LogP contribution is -1.89. The van der Waals surface area contributed by atoms with Crippen LogP contribution in [0, 0.1) is 0 Å². The van der Waals surface area contributed by atoms with E-state index in [9.17, 15) is 0 Å². The van der Waals surface area contributed by atoms with Crippen LogP contribution >= 0.6 is 0 Å². The van der Waals surface area contributed by atoms with Crippen LogP contribution in [0.1, 0.15) is 12.0 Å². The van der Waals surface area contributed by atoms with Gasteiger partial charge in [0.2, 0.25) is 0 Å². The first kappa shape index (κ1) is 10.3. The van der Waals surface area contributed by atoms with Crippen LogP contribution in [-0.2, 0) is 6.42 Å². The van der Waals surface area contributed by atoms with Gasteiger partial charge in [0.1, 0.15) is 5.65 Å². The molecule has 86 valence electrons. The van der Waals surface area contributed by atoms with Crippen molar-refractivity contribution in [3.8, 4) is 0 Å². The molecule has 2 N–H and O–H groups in total. The van der Waals surface area contributed by atoms with Crippen LogP contribution < -0.4 is 0 Å². The maximum atomic E-state index is 8.94. The molecule has 0 saturated carbocycles. The summed E-state index contributed by atoms with van der Waals surface area (Å²) in [6.07, 6.45) is 3.49. The van der Waals surface area contributed by atoms with Crippen molar-refractivity contribution in [2.24, 2.45) is 0 Å². The fourth-order valence-corrected chi connectivity index (χ4v) is 2.33. The second kappa shape index (κ2) is 4.18. The maximum absolute atomic E-state index is 8.94. The van der Waals surface area contributed by atoms with Crippen molar-refractivity contribution in [2.75, 3.05) is 6.61 Å². The lowest BCUT2D eigenvalue weighted by molar-refractivity contribution is 0.289. The molecular weight excluding hydrogens is 212 g/mol. The van der Waals surface area contributed by atoms with Crippen LogP contribution in [0.3, 0.4) is 0 Å². The molecule has 2 aromatic heterocycles. The van der Waals surface area contributed by atoms with Gasteiger partial charge >= 0.3 is 0 Å². The average Bonchev–Trinajstić information content (AvgIpc) is 2.75. The predicted octanol–water partition coefficient (Wildman–Crippen LogP) is 2.64. The van der Waals surface area contributed by atoms with Crippen molar-refractivity contribution < 1.29 is 5.11 Å². The molecule has 3 rings (SSSR count). The largest absolute Gasteiger partial charge is 0.396 e. The molecule has 0 bridgehead atoms. The van der Waals surface area contributed by atoms with Gasteiger partial charge in [-0.05, 0) is 36.6 Å². The highest BCUT2D eigenvalue weighted by Crippen LogP contribution is 2.27. The van der Waals surface area contributed by atoms with Gasteiger partial charge in [0.25, 0.3) is 0 Å². The maximum Gasteiger partial charge on any atom is 0.138 e. The molecule has 3 nitrogen and oxygen atoms in total. The number of nitrogens with zero attached hydrogens (tertiary/aromatic N) is 1. The van der Waals surface area contributed by atoms with Gasteiger partial charge in [0.15, 0.2) is 0 Å². The first-order valence-corrected chi connectivity index (χ1v) is 5.85. The Hall–Kier alpha value is -1.87. The monoisotopic (exact) mass is 226 g/mol. The fourth-order valence-electron chi connectivity index (χ4n) is 2.33. The molecule has 0 atom stereocenters. The normalized spacial score (nSPS) is 11.4. The zero-order valence-electron chi connectivity index (χ0n) is 9.48. The van der Waals surface area contributed by atoms with Gasteiger partial charge in [0, 0.05) is 29.1 Å². The number of aromatic amines is 1. The molecule has 0 aliphatic heterocycles. The SMILES string of the molecule is OCCCc1cccc2[nH]c3ncccc3c12. The molecule has 2 heterocycles. The Labute approximate surface area is 99.1 Å². The van der Waals surface area contributed by atoms with Crippen molar-refractivity contribution >= 4 is 21.9 Å². The van der Waals surface area contributed by atoms with E-state index in [-0.39, 0.29) is 6.61 Å². The summed E-state index contributed by atoms with van der Waals surface area (Å²) in [4.78, 5) is 7.66. The third-order valence-electron chi connectivity index (χ3n) is 3.09. The fraction of sp³-hybridized carbons (Fsp3) is 0.214. The predicted molar refractivity (Wildman–Crippen MR) is 69.0 cm³/mol. The third kappa shape index (κ3) is 1.68. The Morgan fingerprint density at radius 1 is 1.18 bits per heavy atom. The summed E-state index contributed by atoms with van der Waals surface area (Å²) in [7, 11) is 0. The zero-order valence-corrected chi connectivity index (χ0v) is 9.48. The van der Waals surface area contributed by atoms with E-state index in [1.54, 1.807) is 6.20 Å². The molecule has 0 aliphatic carbocycles. The Morgan fingerprint density at radius 2 is 2.12 bits per heavy atom. The van der Waals surface area contributed by atoms with Crippen LogP contribution in [-0.4, -0.2) is 21.7 Å². The lowest BCUT2D eigenvalue weighted by Gasteiger charge is -2.02. The standard InChI is InChI=1S/C14H14N2O/c17-9-3-5-10-4-1-7-12-13(10)11-6-2-8-15-14(11)16-12/h1-2,4,6-8,17H,3,5,9H2,(H,15,16). The van der Waals surface area contributed by atoms with Gasteiger partial charge in [-0.3, -0.25) is 0 Å². The van der Waals surface area contributed by atoms with E-state index in [0.717, 1.165) is 29.4 Å². The molecule has 0 spiro atoms. The van der Waals surface area contributed by atoms with E-state index in [1.165, 1.54) is 10.9 Å². The van der Waals surface area contributed by atoms with Crippen LogP contribution in [0.25, 0.3) is 21.9 Å². The van der Waals surface area contributed by atoms with Crippen molar-refractivity contribution in [1.82, 2.24) is 9.97 Å². The molecule has 0 fully saturated rings. The highest BCUT2D eigenvalue weighted by Gasteiger charge is 2.08. The molecule has 0 radical (unpaired) electrons. The van der Waals surface area contributed by atoms with Crippen LogP contribution in [0.4, 0.5) is 0 Å². The number of hydrogen-bond donors (Lipinski definition) is 2. The van der Waals surface area contributed by atoms with Crippen LogP contribution in [0.5, 0.6) is 0 Å². The van der Waals surface area contributed by atoms with Gasteiger partial charge < -0.3 is 10.1 Å². The lowest BCUT2D eigenvalue weighted by atomic mass is 10.0. The Balaban J connectivity index is 2.28. The number of aryl methyl sites for hydroxylation is 1. The third-order valence-corrected chi connectivity index (χ3v) is 3.09. The summed E-state index contributed by atoms with van der Waals surface area (Å²) in [6, 6.07) is 10.3. The number of fused-ring (bicyclic) bond motifs is 3. The van der Waals surface area contributed by atoms with Crippen molar-refractivity contribution in [1.29, 1.82) is 0 Å². The number of aromatic nitrogens is 2. The van der Waals surface area contributed by atoms with Gasteiger partial charge in [-0.15, -0.1) is 0 Å². The first-order chi connectivity index (χ1) is 8.40. The van der Waals surface area contributed by atoms with Crippen LogP contribution in [0.2, 0.25) is 0 Å². The number of hydrogen-bond acceptors (Lipinski definition) is 2. The van der Waals surface area contributed by atoms with Gasteiger partial charge in [-0.2, -0.15) is 0 Å². The number of pyridine rings is 1. The second-order valence-electron chi connectivity index (χ2n) is 4.19. The number of benzene rings is 1. The molecule has 0 amide bonds. The second-order valence-corrected chi connectivity index (χ2v) is 4.19. The number of H-pyrrole nitrogens is 1. The van der Waals surface area contributed by atoms with E-state index < -0.39 is 0 Å². The molecule has 0 aliphatic rings. The zero-order chi connectivity index (χ0) is 11.7. The van der Waals surface area contributed by atoms with Crippen molar-refractivity contribution in [3.63, 3.8) is 0 Å². The topological polar surface area (TPSA) is 48.9 Å². The Bertz CT molecular complexity index is 657. The van der Waals surface area contributed by atoms with Gasteiger partial charge in [-0.1, -0.05) is 12.1 Å². The summed E-state index contributed by atoms with van der Waals surface area (Å²) in [5.41, 5.74) is 3.32. The molecule has 3 aromatic rings. The number of aliphatic hydroxyl groups excluding tert-OH is 1. The highest BCUT2D eigenvalue weighted by atomic mass is 16.2. The van der Waals surface area contributed by atoms with Crippen LogP contribution in [0.15, 0.2) is 36.5 Å². The number of aliphatic hydroxyl groups is 1. The van der Waals surface area contributed by atoms with Crippen molar-refractivity contribution in [2.45, 2.75) is 12.8 Å². The smallest absolute Gasteiger partial charge is 0.138 e. The Kier molecular flexibility index (Phi) is 2.53. The van der Waals surface area contributed by atoms with E-state index >= 15 is 0 Å². The minimum atomic E-state index is 0.233. The molecule has 17 heavy (non-hydrogen) atoms. The van der Waals surface area contributed by atoms with Crippen molar-refractivity contribution in [3.05, 3.63) is 42.1 Å². The van der Waals surface area contributed by atoms with E-state index in [4.69, 9.17) is 5.11 Å². The van der Waals surface area contributed by atoms with E-state index in [0.29, 0.717) is 0 Å². The van der Waals surface area contributed by atoms with E-state index in [2.05, 4.69) is 28.2 Å². The summed E-state index contributed by atoms with van der Waals surface area (Å²) in [6.45, 7) is 0.233. The first-order valence-electron chi connectivity index (χ1n) is 5.85. The quantitative estimate of drug-likeness (QED) is 0.721. The van der Waals surface area contributed by atoms with Gasteiger partial charge in [0.05, 0.1) is 0 Å². The molecule has 1 aromatic carbocycles. The molecular formula is C14H14N2O. The highest BCUT2D eigenvalue weighted by molar-refractivity contribution is 6.07. The summed E-state index contributed by atoms with van der Waals surface area (Å²) >= 11 is 0. The molecule has 0 saturated heterocycles. The van der Waals surface area contributed by atoms with E-state index in [1.807, 2.05) is 12.1 Å². The summed E-state index contributed by atoms with van der Waals surface area (Å²) in [5.74, 6) is 0. The summed E-state index contributed by atoms with van der Waals surface area (Å²) in [5, 5.41) is 11.3. The number of nitrogens with one attached hydrogen (secondary N) is 1. The Morgan fingerprint density at radius 3 is 3.00 bits per heavy atom. The minimum Gasteiger partial charge on any atom is -0.396 e. The number of rotatable bonds is 3. The molecule has 0 unspecified atom stereocenters. The summed E-state index contributed by atoms with van der Waals surface area (Å²) < 4.78 is 0. The average molecular weight is 226 g/mol. The minimum absolute atomic E-state index is 0.233.